The van der Waals surface area contributed by atoms with Crippen LogP contribution in [0.3, 0.4) is 0 Å². The van der Waals surface area contributed by atoms with Crippen molar-refractivity contribution in [2.24, 2.45) is 0 Å². The van der Waals surface area contributed by atoms with Crippen molar-refractivity contribution < 1.29 is 47.9 Å². The molecule has 0 fully saturated rings. The minimum absolute atomic E-state index is 0. The van der Waals surface area contributed by atoms with E-state index < -0.39 is 10.1 Å². The van der Waals surface area contributed by atoms with Gasteiger partial charge in [0.05, 0.1) is 4.90 Å². The Morgan fingerprint density at radius 2 is 1.57 bits per heavy atom. The van der Waals surface area contributed by atoms with E-state index in [1.54, 1.807) is 18.2 Å². The third-order valence-electron chi connectivity index (χ3n) is 1.04. The maximum atomic E-state index is 10.4. The molecule has 0 heterocycles. The van der Waals surface area contributed by atoms with E-state index in [-0.39, 0.29) is 39.8 Å². The van der Waals surface area contributed by atoms with Gasteiger partial charge in [-0.3, -0.25) is 14.7 Å². The summed E-state index contributed by atoms with van der Waals surface area (Å²) >= 11 is 0. The van der Waals surface area contributed by atoms with Gasteiger partial charge in [-0.2, -0.15) is 8.42 Å². The van der Waals surface area contributed by atoms with Crippen molar-refractivity contribution in [1.82, 2.24) is 0 Å². The van der Waals surface area contributed by atoms with Gasteiger partial charge < -0.3 is 0 Å². The second-order valence-corrected chi connectivity index (χ2v) is 3.29. The zero-order valence-electron chi connectivity index (χ0n) is 7.38. The van der Waals surface area contributed by atoms with Gasteiger partial charge >= 0.3 is 29.6 Å². The number of hydrogen-bond acceptors (Lipinski definition) is 4. The number of benzene rings is 1. The van der Waals surface area contributed by atoms with Crippen molar-refractivity contribution >= 4 is 10.1 Å². The second kappa shape index (κ2) is 7.89. The average molecular weight is 228 g/mol. The van der Waals surface area contributed by atoms with Crippen LogP contribution < -0.4 is 34.9 Å². The zero-order valence-corrected chi connectivity index (χ0v) is 10.2. The first-order chi connectivity index (χ1) is 6.02. The summed E-state index contributed by atoms with van der Waals surface area (Å²) in [6.45, 7) is 0. The van der Waals surface area contributed by atoms with E-state index in [1.165, 1.54) is 12.1 Å². The van der Waals surface area contributed by atoms with Gasteiger partial charge in [-0.05, 0) is 12.1 Å². The molecule has 0 aliphatic carbocycles. The molecule has 0 aromatic heterocycles. The average Bonchev–Trinajstić information content (AvgIpc) is 2.06. The molecule has 0 aliphatic heterocycles. The molecule has 6 nitrogen and oxygen atoms in total. The largest absolute Gasteiger partial charge is 1.00 e. The van der Waals surface area contributed by atoms with Gasteiger partial charge in [-0.15, -0.1) is 0 Å². The molecular weight excluding hydrogens is 221 g/mol. The Morgan fingerprint density at radius 1 is 1.21 bits per heavy atom. The first kappa shape index (κ1) is 16.0. The van der Waals surface area contributed by atoms with Crippen molar-refractivity contribution in [1.29, 1.82) is 0 Å². The fourth-order valence-electron chi connectivity index (χ4n) is 0.592. The summed E-state index contributed by atoms with van der Waals surface area (Å²) in [6.07, 6.45) is 0. The van der Waals surface area contributed by atoms with E-state index in [0.717, 1.165) is 0 Å². The summed E-state index contributed by atoms with van der Waals surface area (Å²) < 4.78 is 29.2. The van der Waals surface area contributed by atoms with Gasteiger partial charge in [-0.25, -0.2) is 0 Å². The molecule has 0 radical (unpaired) electrons. The molecule has 0 unspecified atom stereocenters. The normalized spacial score (nSPS) is 8.93. The minimum Gasteiger partial charge on any atom is -0.282 e. The first-order valence-electron chi connectivity index (χ1n) is 3.04. The van der Waals surface area contributed by atoms with Gasteiger partial charge in [-0.1, -0.05) is 18.2 Å². The Morgan fingerprint density at radius 3 is 1.79 bits per heavy atom. The van der Waals surface area contributed by atoms with Crippen LogP contribution >= 0.6 is 0 Å². The molecule has 0 saturated heterocycles. The Balaban J connectivity index is 0. The number of rotatable bonds is 1. The second-order valence-electron chi connectivity index (χ2n) is 1.87. The molecule has 0 amide bonds. The van der Waals surface area contributed by atoms with Gasteiger partial charge in [0.15, 0.2) is 0 Å². The van der Waals surface area contributed by atoms with E-state index >= 15 is 0 Å². The Bertz CT molecular complexity index is 352. The summed E-state index contributed by atoms with van der Waals surface area (Å²) in [5.41, 5.74) is 0. The predicted octanol–water partition coefficient (Wildman–Crippen LogP) is -3.73. The van der Waals surface area contributed by atoms with E-state index in [9.17, 15) is 8.42 Å². The predicted molar refractivity (Wildman–Crippen MR) is 44.0 cm³/mol. The molecule has 0 bridgehead atoms. The molecule has 8 heteroatoms. The van der Waals surface area contributed by atoms with Crippen LogP contribution in [-0.2, 0) is 10.1 Å². The molecule has 14 heavy (non-hydrogen) atoms. The first-order valence-corrected chi connectivity index (χ1v) is 4.48. The fourth-order valence-corrected chi connectivity index (χ4v) is 1.09. The monoisotopic (exact) mass is 228 g/mol. The molecule has 1 rings (SSSR count). The standard InChI is InChI=1S/C6H6O3S.HNO2.Na/c7-10(8,9)6-4-2-1-3-5-6;2-1-3;/h1-5H,(H,7,8,9);1H;/q;;+1. The number of hydrogen-bond donors (Lipinski definition) is 2. The minimum atomic E-state index is -4.00. The van der Waals surface area contributed by atoms with Crippen molar-refractivity contribution in [3.8, 4) is 0 Å². The van der Waals surface area contributed by atoms with Crippen molar-refractivity contribution in [3.63, 3.8) is 0 Å². The van der Waals surface area contributed by atoms with Crippen molar-refractivity contribution in [2.75, 3.05) is 0 Å². The molecule has 2 N–H and O–H groups in total. The van der Waals surface area contributed by atoms with E-state index in [4.69, 9.17) is 14.7 Å². The SMILES string of the molecule is O=S(=O)(O)c1ccccc1.O=[NH+][O-].[Na+]. The van der Waals surface area contributed by atoms with Crippen LogP contribution in [0.25, 0.3) is 0 Å². The van der Waals surface area contributed by atoms with Crippen LogP contribution in [-0.4, -0.2) is 13.0 Å². The summed E-state index contributed by atoms with van der Waals surface area (Å²) in [5, 5.41) is 8.38. The number of nitrogens with one attached hydrogen (secondary N) is 1. The van der Waals surface area contributed by atoms with E-state index in [1.807, 2.05) is 0 Å². The third-order valence-corrected chi connectivity index (χ3v) is 1.91. The van der Waals surface area contributed by atoms with Crippen molar-refractivity contribution in [2.45, 2.75) is 4.90 Å². The maximum Gasteiger partial charge on any atom is 1.00 e. The summed E-state index contributed by atoms with van der Waals surface area (Å²) in [6, 6.07) is 7.42. The van der Waals surface area contributed by atoms with Crippen LogP contribution in [0.4, 0.5) is 0 Å². The molecule has 0 saturated carbocycles. The quantitative estimate of drug-likeness (QED) is 0.222. The Kier molecular flexibility index (Phi) is 9.01. The van der Waals surface area contributed by atoms with Gasteiger partial charge in [0.1, 0.15) is 0 Å². The molecule has 0 atom stereocenters. The van der Waals surface area contributed by atoms with Gasteiger partial charge in [0.2, 0.25) is 0 Å². The van der Waals surface area contributed by atoms with Crippen molar-refractivity contribution in [3.05, 3.63) is 40.4 Å². The van der Waals surface area contributed by atoms with E-state index in [2.05, 4.69) is 0 Å². The topological polar surface area (TPSA) is 108 Å². The van der Waals surface area contributed by atoms with Gasteiger partial charge in [0, 0.05) is 5.34 Å². The van der Waals surface area contributed by atoms with Crippen LogP contribution in [0.15, 0.2) is 35.2 Å². The third kappa shape index (κ3) is 6.98. The molecule has 0 spiro atoms. The maximum absolute atomic E-state index is 10.4. The van der Waals surface area contributed by atoms with Crippen LogP contribution in [0.2, 0.25) is 0 Å². The molecule has 72 valence electrons. The fraction of sp³-hybridized carbons (Fsp3) is 0. The smallest absolute Gasteiger partial charge is 0.282 e. The zero-order chi connectivity index (χ0) is 10.3. The summed E-state index contributed by atoms with van der Waals surface area (Å²) in [7, 11) is -4.00. The molecule has 0 aliphatic rings. The Labute approximate surface area is 103 Å². The summed E-state index contributed by atoms with van der Waals surface area (Å²) in [4.78, 5) is 8.05. The Hall–Kier alpha value is -0.470. The summed E-state index contributed by atoms with van der Waals surface area (Å²) in [5.74, 6) is 0. The molecule has 1 aromatic rings. The molecule has 1 aromatic carbocycles. The molecular formula is C6H7NNaO5S+. The van der Waals surface area contributed by atoms with E-state index in [0.29, 0.717) is 0 Å². The van der Waals surface area contributed by atoms with Crippen LogP contribution in [0, 0.1) is 10.1 Å². The van der Waals surface area contributed by atoms with Gasteiger partial charge in [0.25, 0.3) is 10.1 Å². The van der Waals surface area contributed by atoms with Crippen LogP contribution in [0.1, 0.15) is 0 Å². The van der Waals surface area contributed by atoms with Crippen LogP contribution in [0.5, 0.6) is 0 Å².